The summed E-state index contributed by atoms with van der Waals surface area (Å²) >= 11 is 0. The zero-order valence-corrected chi connectivity index (χ0v) is 17.2. The number of hydrogen-bond donors (Lipinski definition) is 0. The van der Waals surface area contributed by atoms with E-state index in [4.69, 9.17) is 9.15 Å². The highest BCUT2D eigenvalue weighted by Gasteiger charge is 2.22. The third-order valence-electron chi connectivity index (χ3n) is 5.21. The molecule has 0 saturated heterocycles. The summed E-state index contributed by atoms with van der Waals surface area (Å²) in [7, 11) is 0. The second kappa shape index (κ2) is 9.52. The van der Waals surface area contributed by atoms with Crippen molar-refractivity contribution in [1.29, 1.82) is 0 Å². The van der Waals surface area contributed by atoms with Crippen molar-refractivity contribution in [2.45, 2.75) is 26.7 Å². The Morgan fingerprint density at radius 2 is 1.79 bits per heavy atom. The first-order valence-electron chi connectivity index (χ1n) is 10.1. The first-order valence-corrected chi connectivity index (χ1v) is 10.1. The Kier molecular flexibility index (Phi) is 6.83. The minimum Gasteiger partial charge on any atom is -0.464 e. The number of para-hydroxylation sites is 1. The average Bonchev–Trinajstić information content (AvgIpc) is 2.76. The molecule has 0 saturated carbocycles. The Bertz CT molecular complexity index is 1020. The highest BCUT2D eigenvalue weighted by molar-refractivity contribution is 5.88. The van der Waals surface area contributed by atoms with Crippen LogP contribution < -0.4 is 5.43 Å². The number of fused-ring (bicyclic) bond motifs is 1. The number of carbonyl (C=O) groups excluding carboxylic acids is 1. The van der Waals surface area contributed by atoms with Crippen LogP contribution in [0.25, 0.3) is 22.3 Å². The van der Waals surface area contributed by atoms with Gasteiger partial charge in [-0.1, -0.05) is 56.3 Å². The van der Waals surface area contributed by atoms with Gasteiger partial charge >= 0.3 is 5.97 Å². The monoisotopic (exact) mass is 393 g/mol. The molecule has 5 nitrogen and oxygen atoms in total. The lowest BCUT2D eigenvalue weighted by atomic mass is 9.98. The molecule has 0 aliphatic rings. The number of esters is 1. The molecule has 5 heteroatoms. The average molecular weight is 393 g/mol. The number of rotatable bonds is 8. The van der Waals surface area contributed by atoms with Crippen LogP contribution in [0.3, 0.4) is 0 Å². The Hall–Kier alpha value is -2.92. The van der Waals surface area contributed by atoms with Gasteiger partial charge in [0.15, 0.2) is 5.43 Å². The highest BCUT2D eigenvalue weighted by atomic mass is 16.5. The van der Waals surface area contributed by atoms with Crippen LogP contribution >= 0.6 is 0 Å². The summed E-state index contributed by atoms with van der Waals surface area (Å²) in [6.45, 7) is 8.82. The molecule has 0 aliphatic carbocycles. The summed E-state index contributed by atoms with van der Waals surface area (Å²) in [6.07, 6.45) is 0. The molecule has 29 heavy (non-hydrogen) atoms. The van der Waals surface area contributed by atoms with E-state index in [2.05, 4.69) is 18.7 Å². The molecule has 0 amide bonds. The standard InChI is InChI=1S/C24H27NO4/c1-4-25(5-2)14-15-28-24(27)17(3)19-12-9-13-20-21(26)16-22(29-23(19)20)18-10-7-6-8-11-18/h6-13,16-17H,4-5,14-15H2,1-3H3/t17-/m0/s1. The van der Waals surface area contributed by atoms with Crippen LogP contribution in [0.15, 0.2) is 63.8 Å². The number of benzene rings is 2. The van der Waals surface area contributed by atoms with Gasteiger partial charge in [-0.3, -0.25) is 9.59 Å². The van der Waals surface area contributed by atoms with Gasteiger partial charge in [0.25, 0.3) is 0 Å². The van der Waals surface area contributed by atoms with E-state index in [-0.39, 0.29) is 11.4 Å². The smallest absolute Gasteiger partial charge is 0.313 e. The van der Waals surface area contributed by atoms with Gasteiger partial charge in [-0.2, -0.15) is 0 Å². The quantitative estimate of drug-likeness (QED) is 0.529. The molecule has 0 radical (unpaired) electrons. The lowest BCUT2D eigenvalue weighted by molar-refractivity contribution is -0.145. The van der Waals surface area contributed by atoms with Gasteiger partial charge < -0.3 is 14.1 Å². The molecular weight excluding hydrogens is 366 g/mol. The molecule has 152 valence electrons. The Balaban J connectivity index is 1.89. The fraction of sp³-hybridized carbons (Fsp3) is 0.333. The third-order valence-corrected chi connectivity index (χ3v) is 5.21. The first kappa shape index (κ1) is 20.8. The second-order valence-electron chi connectivity index (χ2n) is 6.98. The van der Waals surface area contributed by atoms with Gasteiger partial charge in [0, 0.05) is 23.7 Å². The summed E-state index contributed by atoms with van der Waals surface area (Å²) in [5.74, 6) is -0.375. The van der Waals surface area contributed by atoms with Gasteiger partial charge in [-0.15, -0.1) is 0 Å². The Morgan fingerprint density at radius 3 is 2.48 bits per heavy atom. The normalized spacial score (nSPS) is 12.3. The van der Waals surface area contributed by atoms with Crippen molar-refractivity contribution in [2.24, 2.45) is 0 Å². The van der Waals surface area contributed by atoms with Crippen LogP contribution in [-0.4, -0.2) is 37.1 Å². The maximum absolute atomic E-state index is 12.6. The van der Waals surface area contributed by atoms with Crippen molar-refractivity contribution in [3.8, 4) is 11.3 Å². The van der Waals surface area contributed by atoms with E-state index in [1.807, 2.05) is 36.4 Å². The van der Waals surface area contributed by atoms with E-state index in [9.17, 15) is 9.59 Å². The Labute approximate surface area is 170 Å². The van der Waals surface area contributed by atoms with Crippen LogP contribution in [0.5, 0.6) is 0 Å². The molecule has 0 N–H and O–H groups in total. The largest absolute Gasteiger partial charge is 0.464 e. The summed E-state index contributed by atoms with van der Waals surface area (Å²) in [6, 6.07) is 16.3. The summed E-state index contributed by atoms with van der Waals surface area (Å²) < 4.78 is 11.6. The highest BCUT2D eigenvalue weighted by Crippen LogP contribution is 2.29. The van der Waals surface area contributed by atoms with Gasteiger partial charge in [-0.05, 0) is 26.1 Å². The fourth-order valence-electron chi connectivity index (χ4n) is 3.35. The minimum absolute atomic E-state index is 0.131. The molecule has 0 aliphatic heterocycles. The van der Waals surface area contributed by atoms with Gasteiger partial charge in [0.2, 0.25) is 0 Å². The first-order chi connectivity index (χ1) is 14.0. The molecule has 0 spiro atoms. The molecule has 0 unspecified atom stereocenters. The Morgan fingerprint density at radius 1 is 1.07 bits per heavy atom. The fourth-order valence-corrected chi connectivity index (χ4v) is 3.35. The predicted octanol–water partition coefficient (Wildman–Crippen LogP) is 4.45. The molecule has 0 bridgehead atoms. The predicted molar refractivity (Wildman–Crippen MR) is 115 cm³/mol. The van der Waals surface area contributed by atoms with Crippen LogP contribution in [0.2, 0.25) is 0 Å². The van der Waals surface area contributed by atoms with Gasteiger partial charge in [0.1, 0.15) is 18.0 Å². The molecule has 1 aromatic heterocycles. The van der Waals surface area contributed by atoms with Gasteiger partial charge in [-0.25, -0.2) is 0 Å². The summed E-state index contributed by atoms with van der Waals surface area (Å²) in [4.78, 5) is 27.5. The SMILES string of the molecule is CCN(CC)CCOC(=O)[C@@H](C)c1cccc2c(=O)cc(-c3ccccc3)oc12. The minimum atomic E-state index is -0.537. The topological polar surface area (TPSA) is 59.8 Å². The second-order valence-corrected chi connectivity index (χ2v) is 6.98. The maximum Gasteiger partial charge on any atom is 0.313 e. The van der Waals surface area contributed by atoms with Crippen LogP contribution in [0, 0.1) is 0 Å². The van der Waals surface area contributed by atoms with Crippen molar-refractivity contribution in [3.05, 3.63) is 70.4 Å². The molecule has 1 heterocycles. The molecular formula is C24H27NO4. The molecule has 3 aromatic rings. The van der Waals surface area contributed by atoms with E-state index in [0.717, 1.165) is 18.7 Å². The van der Waals surface area contributed by atoms with E-state index in [0.29, 0.717) is 35.4 Å². The van der Waals surface area contributed by atoms with Crippen molar-refractivity contribution < 1.29 is 13.9 Å². The van der Waals surface area contributed by atoms with Crippen molar-refractivity contribution in [3.63, 3.8) is 0 Å². The number of ether oxygens (including phenoxy) is 1. The van der Waals surface area contributed by atoms with Crippen LogP contribution in [0.1, 0.15) is 32.3 Å². The maximum atomic E-state index is 12.6. The van der Waals surface area contributed by atoms with E-state index < -0.39 is 5.92 Å². The summed E-state index contributed by atoms with van der Waals surface area (Å²) in [5, 5.41) is 0.463. The van der Waals surface area contributed by atoms with Crippen molar-refractivity contribution in [2.75, 3.05) is 26.2 Å². The lowest BCUT2D eigenvalue weighted by Crippen LogP contribution is -2.28. The zero-order valence-electron chi connectivity index (χ0n) is 17.2. The number of nitrogens with zero attached hydrogens (tertiary/aromatic N) is 1. The van der Waals surface area contributed by atoms with Crippen molar-refractivity contribution in [1.82, 2.24) is 4.90 Å². The van der Waals surface area contributed by atoms with Crippen LogP contribution in [-0.2, 0) is 9.53 Å². The van der Waals surface area contributed by atoms with Gasteiger partial charge in [0.05, 0.1) is 11.3 Å². The summed E-state index contributed by atoms with van der Waals surface area (Å²) in [5.41, 5.74) is 1.78. The van der Waals surface area contributed by atoms with E-state index in [1.54, 1.807) is 19.1 Å². The third kappa shape index (κ3) is 4.74. The van der Waals surface area contributed by atoms with E-state index in [1.165, 1.54) is 6.07 Å². The van der Waals surface area contributed by atoms with Crippen molar-refractivity contribution >= 4 is 16.9 Å². The number of hydrogen-bond acceptors (Lipinski definition) is 5. The molecule has 0 fully saturated rings. The molecule has 1 atom stereocenters. The van der Waals surface area contributed by atoms with E-state index >= 15 is 0 Å². The van der Waals surface area contributed by atoms with Crippen LogP contribution in [0.4, 0.5) is 0 Å². The lowest BCUT2D eigenvalue weighted by Gasteiger charge is -2.19. The zero-order chi connectivity index (χ0) is 20.8. The molecule has 3 rings (SSSR count). The number of carbonyl (C=O) groups is 1. The molecule has 2 aromatic carbocycles. The number of likely N-dealkylation sites (N-methyl/N-ethyl adjacent to an activating group) is 1.